The maximum absolute atomic E-state index is 11.8. The lowest BCUT2D eigenvalue weighted by molar-refractivity contribution is 0.0264. The van der Waals surface area contributed by atoms with Crippen molar-refractivity contribution in [1.82, 2.24) is 5.32 Å². The molecule has 1 aliphatic heterocycles. The maximum Gasteiger partial charge on any atom is 0.251 e. The Balaban J connectivity index is 1.93. The number of ether oxygens (including phenoxy) is 1. The Bertz CT molecular complexity index is 470. The number of benzene rings is 1. The molecular formula is C13H14N2O3. The van der Waals surface area contributed by atoms with Crippen molar-refractivity contribution < 1.29 is 14.6 Å². The number of hydrogen-bond acceptors (Lipinski definition) is 4. The van der Waals surface area contributed by atoms with Gasteiger partial charge in [-0.2, -0.15) is 5.26 Å². The molecule has 0 bridgehead atoms. The van der Waals surface area contributed by atoms with Crippen LogP contribution in [0.5, 0.6) is 0 Å². The van der Waals surface area contributed by atoms with Crippen molar-refractivity contribution in [3.8, 4) is 6.07 Å². The van der Waals surface area contributed by atoms with Crippen LogP contribution in [0, 0.1) is 11.3 Å². The minimum atomic E-state index is -0.956. The predicted molar refractivity (Wildman–Crippen MR) is 63.9 cm³/mol. The zero-order valence-electron chi connectivity index (χ0n) is 9.85. The Morgan fingerprint density at radius 3 is 2.78 bits per heavy atom. The first kappa shape index (κ1) is 12.6. The third-order valence-electron chi connectivity index (χ3n) is 2.94. The van der Waals surface area contributed by atoms with Crippen LogP contribution >= 0.6 is 0 Å². The topological polar surface area (TPSA) is 82.4 Å². The molecule has 1 aliphatic rings. The molecular weight excluding hydrogens is 232 g/mol. The van der Waals surface area contributed by atoms with Crippen molar-refractivity contribution in [2.45, 2.75) is 12.0 Å². The van der Waals surface area contributed by atoms with Gasteiger partial charge in [-0.3, -0.25) is 4.79 Å². The Morgan fingerprint density at radius 2 is 2.22 bits per heavy atom. The van der Waals surface area contributed by atoms with Gasteiger partial charge < -0.3 is 15.2 Å². The van der Waals surface area contributed by atoms with Crippen LogP contribution < -0.4 is 5.32 Å². The molecule has 1 aromatic carbocycles. The second kappa shape index (κ2) is 5.17. The van der Waals surface area contributed by atoms with Gasteiger partial charge in [0.15, 0.2) is 0 Å². The Hall–Kier alpha value is -1.90. The number of nitrogens with zero attached hydrogens (tertiary/aromatic N) is 1. The molecule has 5 nitrogen and oxygen atoms in total. The Labute approximate surface area is 105 Å². The van der Waals surface area contributed by atoms with Crippen molar-refractivity contribution in [3.05, 3.63) is 35.4 Å². The molecule has 0 saturated carbocycles. The van der Waals surface area contributed by atoms with Crippen LogP contribution in [0.3, 0.4) is 0 Å². The third kappa shape index (κ3) is 2.86. The monoisotopic (exact) mass is 246 g/mol. The highest BCUT2D eigenvalue weighted by atomic mass is 16.5. The summed E-state index contributed by atoms with van der Waals surface area (Å²) in [7, 11) is 0. The van der Waals surface area contributed by atoms with Crippen LogP contribution in [0.25, 0.3) is 0 Å². The number of rotatable bonds is 3. The van der Waals surface area contributed by atoms with Gasteiger partial charge in [0, 0.05) is 25.1 Å². The third-order valence-corrected chi connectivity index (χ3v) is 2.94. The standard InChI is InChI=1S/C13H14N2O3/c14-7-10-1-3-11(4-2-10)12(16)15-8-13(17)5-6-18-9-13/h1-4,17H,5-6,8-9H2,(H,15,16). The summed E-state index contributed by atoms with van der Waals surface area (Å²) >= 11 is 0. The predicted octanol–water partition coefficient (Wildman–Crippen LogP) is 0.439. The molecule has 0 spiro atoms. The van der Waals surface area contributed by atoms with Gasteiger partial charge in [-0.25, -0.2) is 0 Å². The highest BCUT2D eigenvalue weighted by molar-refractivity contribution is 5.94. The molecule has 2 N–H and O–H groups in total. The summed E-state index contributed by atoms with van der Waals surface area (Å²) in [5.74, 6) is -0.264. The molecule has 18 heavy (non-hydrogen) atoms. The molecule has 1 aromatic rings. The molecule has 0 aromatic heterocycles. The van der Waals surface area contributed by atoms with Crippen molar-refractivity contribution in [2.24, 2.45) is 0 Å². The first-order valence-electron chi connectivity index (χ1n) is 5.71. The minimum absolute atomic E-state index is 0.172. The first-order valence-corrected chi connectivity index (χ1v) is 5.71. The van der Waals surface area contributed by atoms with Crippen LogP contribution in [0.4, 0.5) is 0 Å². The van der Waals surface area contributed by atoms with E-state index < -0.39 is 5.60 Å². The van der Waals surface area contributed by atoms with E-state index in [-0.39, 0.29) is 19.1 Å². The van der Waals surface area contributed by atoms with E-state index in [0.717, 1.165) is 0 Å². The van der Waals surface area contributed by atoms with E-state index in [1.165, 1.54) is 0 Å². The lowest BCUT2D eigenvalue weighted by Gasteiger charge is -2.20. The van der Waals surface area contributed by atoms with Gasteiger partial charge in [-0.15, -0.1) is 0 Å². The lowest BCUT2D eigenvalue weighted by atomic mass is 10.0. The molecule has 2 rings (SSSR count). The largest absolute Gasteiger partial charge is 0.386 e. The zero-order chi connectivity index (χ0) is 13.0. The first-order chi connectivity index (χ1) is 8.63. The van der Waals surface area contributed by atoms with Gasteiger partial charge in [0.2, 0.25) is 0 Å². The van der Waals surface area contributed by atoms with E-state index in [1.807, 2.05) is 6.07 Å². The van der Waals surface area contributed by atoms with Crippen LogP contribution in [0.15, 0.2) is 24.3 Å². The van der Waals surface area contributed by atoms with Crippen LogP contribution in [-0.4, -0.2) is 36.4 Å². The number of carbonyl (C=O) groups excluding carboxylic acids is 1. The maximum atomic E-state index is 11.8. The van der Waals surface area contributed by atoms with E-state index in [9.17, 15) is 9.90 Å². The molecule has 1 heterocycles. The molecule has 1 unspecified atom stereocenters. The van der Waals surface area contributed by atoms with Gasteiger partial charge >= 0.3 is 0 Å². The van der Waals surface area contributed by atoms with Crippen LogP contribution in [-0.2, 0) is 4.74 Å². The number of carbonyl (C=O) groups is 1. The smallest absolute Gasteiger partial charge is 0.251 e. The van der Waals surface area contributed by atoms with Crippen LogP contribution in [0.1, 0.15) is 22.3 Å². The second-order valence-electron chi connectivity index (χ2n) is 4.40. The number of nitriles is 1. The fraction of sp³-hybridized carbons (Fsp3) is 0.385. The highest BCUT2D eigenvalue weighted by Gasteiger charge is 2.32. The lowest BCUT2D eigenvalue weighted by Crippen LogP contribution is -2.43. The zero-order valence-corrected chi connectivity index (χ0v) is 9.85. The van der Waals surface area contributed by atoms with Crippen molar-refractivity contribution in [2.75, 3.05) is 19.8 Å². The fourth-order valence-corrected chi connectivity index (χ4v) is 1.78. The van der Waals surface area contributed by atoms with E-state index in [0.29, 0.717) is 24.2 Å². The summed E-state index contributed by atoms with van der Waals surface area (Å²) in [5.41, 5.74) is 0.0216. The SMILES string of the molecule is N#Cc1ccc(C(=O)NCC2(O)CCOC2)cc1. The number of aliphatic hydroxyl groups is 1. The quantitative estimate of drug-likeness (QED) is 0.810. The fourth-order valence-electron chi connectivity index (χ4n) is 1.78. The molecule has 0 aliphatic carbocycles. The summed E-state index contributed by atoms with van der Waals surface area (Å²) in [4.78, 5) is 11.8. The van der Waals surface area contributed by atoms with Crippen molar-refractivity contribution in [3.63, 3.8) is 0 Å². The summed E-state index contributed by atoms with van der Waals surface area (Å²) in [6, 6.07) is 8.33. The molecule has 0 radical (unpaired) electrons. The Morgan fingerprint density at radius 1 is 1.50 bits per heavy atom. The van der Waals surface area contributed by atoms with E-state index in [4.69, 9.17) is 10.00 Å². The molecule has 1 atom stereocenters. The normalized spacial score (nSPS) is 22.4. The van der Waals surface area contributed by atoms with Gasteiger partial charge in [0.05, 0.1) is 18.2 Å². The van der Waals surface area contributed by atoms with Gasteiger partial charge in [0.25, 0.3) is 5.91 Å². The molecule has 1 saturated heterocycles. The molecule has 5 heteroatoms. The van der Waals surface area contributed by atoms with Gasteiger partial charge in [-0.05, 0) is 24.3 Å². The van der Waals surface area contributed by atoms with E-state index >= 15 is 0 Å². The molecule has 1 fully saturated rings. The molecule has 94 valence electrons. The Kier molecular flexibility index (Phi) is 3.60. The second-order valence-corrected chi connectivity index (χ2v) is 4.40. The molecule has 1 amide bonds. The minimum Gasteiger partial charge on any atom is -0.386 e. The average molecular weight is 246 g/mol. The van der Waals surface area contributed by atoms with Gasteiger partial charge in [0.1, 0.15) is 5.60 Å². The van der Waals surface area contributed by atoms with Crippen LogP contribution in [0.2, 0.25) is 0 Å². The van der Waals surface area contributed by atoms with E-state index in [2.05, 4.69) is 5.32 Å². The van der Waals surface area contributed by atoms with Crippen molar-refractivity contribution in [1.29, 1.82) is 5.26 Å². The summed E-state index contributed by atoms with van der Waals surface area (Å²) in [6.07, 6.45) is 0.528. The van der Waals surface area contributed by atoms with Crippen molar-refractivity contribution >= 4 is 5.91 Å². The average Bonchev–Trinajstić information content (AvgIpc) is 2.83. The number of nitrogens with one attached hydrogen (secondary N) is 1. The highest BCUT2D eigenvalue weighted by Crippen LogP contribution is 2.17. The number of amides is 1. The summed E-state index contributed by atoms with van der Waals surface area (Å²) in [5, 5.41) is 21.3. The van der Waals surface area contributed by atoms with Gasteiger partial charge in [-0.1, -0.05) is 0 Å². The number of hydrogen-bond donors (Lipinski definition) is 2. The summed E-state index contributed by atoms with van der Waals surface area (Å²) in [6.45, 7) is 0.940. The summed E-state index contributed by atoms with van der Waals surface area (Å²) < 4.78 is 5.09. The van der Waals surface area contributed by atoms with E-state index in [1.54, 1.807) is 24.3 Å².